The molecule has 0 unspecified atom stereocenters. The molecule has 7 heteroatoms. The molecule has 0 N–H and O–H groups in total. The molecule has 138 valence electrons. The highest BCUT2D eigenvalue weighted by Crippen LogP contribution is 2.35. The van der Waals surface area contributed by atoms with Crippen molar-refractivity contribution >= 4 is 16.8 Å². The van der Waals surface area contributed by atoms with Gasteiger partial charge in [-0.1, -0.05) is 0 Å². The van der Waals surface area contributed by atoms with E-state index in [4.69, 9.17) is 14.2 Å². The minimum Gasteiger partial charge on any atom is -0.493 e. The average Bonchev–Trinajstić information content (AvgIpc) is 3.06. The lowest BCUT2D eigenvalue weighted by molar-refractivity contribution is 0.279. The van der Waals surface area contributed by atoms with Crippen molar-refractivity contribution in [1.82, 2.24) is 15.2 Å². The first-order valence-corrected chi connectivity index (χ1v) is 8.56. The van der Waals surface area contributed by atoms with Crippen molar-refractivity contribution in [3.05, 3.63) is 42.4 Å². The smallest absolute Gasteiger partial charge is 0.218 e. The Morgan fingerprint density at radius 2 is 1.70 bits per heavy atom. The minimum absolute atomic E-state index is 0.222. The lowest BCUT2D eigenvalue weighted by atomic mass is 10.0. The Balaban J connectivity index is 1.84. The van der Waals surface area contributed by atoms with Crippen molar-refractivity contribution < 1.29 is 14.2 Å². The zero-order chi connectivity index (χ0) is 19.0. The van der Waals surface area contributed by atoms with Crippen LogP contribution >= 0.6 is 0 Å². The van der Waals surface area contributed by atoms with Crippen molar-refractivity contribution in [3.63, 3.8) is 0 Å². The molecule has 0 saturated carbocycles. The second-order valence-electron chi connectivity index (χ2n) is 6.96. The van der Waals surface area contributed by atoms with Crippen LogP contribution in [0.5, 0.6) is 11.5 Å². The fourth-order valence-electron chi connectivity index (χ4n) is 3.05. The molecule has 3 heterocycles. The topological polar surface area (TPSA) is 78.7 Å². The number of ether oxygens (including phenoxy) is 3. The zero-order valence-corrected chi connectivity index (χ0v) is 15.7. The van der Waals surface area contributed by atoms with Crippen molar-refractivity contribution in [2.45, 2.75) is 19.4 Å². The molecule has 1 aliphatic heterocycles. The Bertz CT molecular complexity index is 1050. The first-order valence-electron chi connectivity index (χ1n) is 8.56. The van der Waals surface area contributed by atoms with E-state index in [9.17, 15) is 0 Å². The molecule has 27 heavy (non-hydrogen) atoms. The molecule has 1 aromatic carbocycles. The second kappa shape index (κ2) is 6.50. The highest BCUT2D eigenvalue weighted by Gasteiger charge is 2.27. The first kappa shape index (κ1) is 17.2. The third-order valence-electron chi connectivity index (χ3n) is 4.41. The summed E-state index contributed by atoms with van der Waals surface area (Å²) in [7, 11) is 3.20. The van der Waals surface area contributed by atoms with Crippen LogP contribution < -0.4 is 9.47 Å². The van der Waals surface area contributed by atoms with E-state index < -0.39 is 0 Å². The number of nitrogens with zero attached hydrogens (tertiary/aromatic N) is 4. The number of fused-ring (bicyclic) bond motifs is 1. The van der Waals surface area contributed by atoms with E-state index >= 15 is 0 Å². The van der Waals surface area contributed by atoms with E-state index in [1.165, 1.54) is 0 Å². The van der Waals surface area contributed by atoms with Gasteiger partial charge in [0.15, 0.2) is 11.5 Å². The molecule has 0 amide bonds. The van der Waals surface area contributed by atoms with Gasteiger partial charge >= 0.3 is 0 Å². The van der Waals surface area contributed by atoms with Crippen LogP contribution in [-0.4, -0.2) is 47.4 Å². The van der Waals surface area contributed by atoms with Gasteiger partial charge in [-0.05, 0) is 26.0 Å². The summed E-state index contributed by atoms with van der Waals surface area (Å²) >= 11 is 0. The fourth-order valence-corrected chi connectivity index (χ4v) is 3.05. The van der Waals surface area contributed by atoms with Crippen molar-refractivity contribution in [1.29, 1.82) is 0 Å². The van der Waals surface area contributed by atoms with Crippen molar-refractivity contribution in [2.75, 3.05) is 20.8 Å². The molecule has 0 spiro atoms. The van der Waals surface area contributed by atoms with Crippen LogP contribution in [0.1, 0.15) is 19.4 Å². The van der Waals surface area contributed by atoms with Gasteiger partial charge in [0, 0.05) is 35.0 Å². The van der Waals surface area contributed by atoms with Gasteiger partial charge in [0.1, 0.15) is 6.61 Å². The maximum Gasteiger partial charge on any atom is 0.218 e. The Kier molecular flexibility index (Phi) is 4.14. The molecule has 2 aromatic heterocycles. The molecule has 1 aliphatic rings. The molecule has 0 bridgehead atoms. The van der Waals surface area contributed by atoms with Gasteiger partial charge in [-0.3, -0.25) is 4.98 Å². The molecular weight excluding hydrogens is 344 g/mol. The highest BCUT2D eigenvalue weighted by molar-refractivity contribution is 5.99. The number of aliphatic imine (C=N–C) groups is 1. The van der Waals surface area contributed by atoms with Gasteiger partial charge in [-0.25, -0.2) is 4.99 Å². The largest absolute Gasteiger partial charge is 0.493 e. The Hall–Kier alpha value is -3.22. The summed E-state index contributed by atoms with van der Waals surface area (Å²) < 4.78 is 16.5. The van der Waals surface area contributed by atoms with Crippen LogP contribution in [-0.2, 0) is 4.74 Å². The van der Waals surface area contributed by atoms with E-state index in [0.717, 1.165) is 22.1 Å². The number of pyridine rings is 1. The zero-order valence-electron chi connectivity index (χ0n) is 15.7. The molecule has 0 atom stereocenters. The molecular formula is C20H20N4O3. The monoisotopic (exact) mass is 364 g/mol. The molecule has 0 fully saturated rings. The first-order chi connectivity index (χ1) is 13.0. The lowest BCUT2D eigenvalue weighted by Crippen LogP contribution is -2.17. The standard InChI is InChI=1S/C20H20N4O3/c1-20(2)11-27-19(23-20)13-5-12(8-21-9-13)15-10-22-24-16-7-18(26-4)17(25-3)6-14(15)16/h5-10H,11H2,1-4H3. The molecule has 7 nitrogen and oxygen atoms in total. The molecule has 0 radical (unpaired) electrons. The normalized spacial score (nSPS) is 15.3. The van der Waals surface area contributed by atoms with Crippen LogP contribution in [0.4, 0.5) is 0 Å². The summed E-state index contributed by atoms with van der Waals surface area (Å²) in [6.45, 7) is 4.64. The van der Waals surface area contributed by atoms with Gasteiger partial charge in [0.05, 0.1) is 37.0 Å². The summed E-state index contributed by atoms with van der Waals surface area (Å²) in [5.41, 5.74) is 3.12. The molecule has 0 saturated heterocycles. The van der Waals surface area contributed by atoms with E-state index in [2.05, 4.69) is 20.2 Å². The highest BCUT2D eigenvalue weighted by atomic mass is 16.5. The second-order valence-corrected chi connectivity index (χ2v) is 6.96. The fraction of sp³-hybridized carbons (Fsp3) is 0.300. The third kappa shape index (κ3) is 3.16. The van der Waals surface area contributed by atoms with Gasteiger partial charge in [0.2, 0.25) is 5.90 Å². The minimum atomic E-state index is -0.222. The van der Waals surface area contributed by atoms with Gasteiger partial charge in [-0.15, -0.1) is 0 Å². The van der Waals surface area contributed by atoms with Gasteiger partial charge in [-0.2, -0.15) is 10.2 Å². The average molecular weight is 364 g/mol. The number of hydrogen-bond acceptors (Lipinski definition) is 7. The van der Waals surface area contributed by atoms with E-state index in [0.29, 0.717) is 29.5 Å². The predicted octanol–water partition coefficient (Wildman–Crippen LogP) is 3.26. The summed E-state index contributed by atoms with van der Waals surface area (Å²) in [4.78, 5) is 9.00. The van der Waals surface area contributed by atoms with Crippen molar-refractivity contribution in [3.8, 4) is 22.6 Å². The maximum absolute atomic E-state index is 5.74. The Morgan fingerprint density at radius 1 is 0.963 bits per heavy atom. The summed E-state index contributed by atoms with van der Waals surface area (Å²) in [5.74, 6) is 1.85. The number of methoxy groups -OCH3 is 2. The van der Waals surface area contributed by atoms with E-state index in [1.54, 1.807) is 32.8 Å². The third-order valence-corrected chi connectivity index (χ3v) is 4.41. The quantitative estimate of drug-likeness (QED) is 0.707. The number of rotatable bonds is 4. The number of hydrogen-bond donors (Lipinski definition) is 0. The summed E-state index contributed by atoms with van der Waals surface area (Å²) in [6, 6.07) is 5.71. The molecule has 4 rings (SSSR count). The summed E-state index contributed by atoms with van der Waals surface area (Å²) in [6.07, 6.45) is 5.26. The molecule has 0 aliphatic carbocycles. The van der Waals surface area contributed by atoms with Crippen LogP contribution in [0.15, 0.2) is 41.8 Å². The molecule has 3 aromatic rings. The van der Waals surface area contributed by atoms with Gasteiger partial charge in [0.25, 0.3) is 0 Å². The lowest BCUT2D eigenvalue weighted by Gasteiger charge is -2.11. The van der Waals surface area contributed by atoms with Crippen LogP contribution in [0, 0.1) is 0 Å². The Labute approximate surface area is 157 Å². The number of benzene rings is 1. The van der Waals surface area contributed by atoms with Crippen LogP contribution in [0.25, 0.3) is 22.0 Å². The summed E-state index contributed by atoms with van der Waals surface area (Å²) in [5, 5.41) is 9.25. The Morgan fingerprint density at radius 3 is 2.41 bits per heavy atom. The van der Waals surface area contributed by atoms with Crippen LogP contribution in [0.3, 0.4) is 0 Å². The predicted molar refractivity (Wildman–Crippen MR) is 102 cm³/mol. The number of aromatic nitrogens is 3. The van der Waals surface area contributed by atoms with Crippen molar-refractivity contribution in [2.24, 2.45) is 4.99 Å². The van der Waals surface area contributed by atoms with Crippen LogP contribution in [0.2, 0.25) is 0 Å². The van der Waals surface area contributed by atoms with E-state index in [-0.39, 0.29) is 5.54 Å². The maximum atomic E-state index is 5.74. The van der Waals surface area contributed by atoms with E-state index in [1.807, 2.05) is 32.0 Å². The SMILES string of the molecule is COc1cc2nncc(-c3cncc(C4=NC(C)(C)CO4)c3)c2cc1OC. The van der Waals surface area contributed by atoms with Gasteiger partial charge < -0.3 is 14.2 Å².